The predicted molar refractivity (Wildman–Crippen MR) is 54.0 cm³/mol. The Bertz CT molecular complexity index is 391. The van der Waals surface area contributed by atoms with Gasteiger partial charge in [-0.2, -0.15) is 0 Å². The van der Waals surface area contributed by atoms with Crippen molar-refractivity contribution in [2.75, 3.05) is 0 Å². The maximum Gasteiger partial charge on any atom is 0.164 e. The second kappa shape index (κ2) is 4.41. The van der Waals surface area contributed by atoms with Gasteiger partial charge in [0.1, 0.15) is 0 Å². The number of hydrogen-bond acceptors (Lipinski definition) is 1. The molecule has 0 amide bonds. The standard InChI is InChI=1S/C12H12F2O/c1-3-4-8-12(2,15)9-6-5-7-10(13)11(9)14/h1,5-7,15H,4,8H2,2H3. The van der Waals surface area contributed by atoms with E-state index in [0.717, 1.165) is 6.07 Å². The highest BCUT2D eigenvalue weighted by atomic mass is 19.2. The molecule has 0 saturated heterocycles. The average Bonchev–Trinajstić information content (AvgIpc) is 2.19. The monoisotopic (exact) mass is 210 g/mol. The molecule has 0 saturated carbocycles. The lowest BCUT2D eigenvalue weighted by Crippen LogP contribution is -2.23. The molecule has 0 heterocycles. The summed E-state index contributed by atoms with van der Waals surface area (Å²) in [6.07, 6.45) is 5.56. The average molecular weight is 210 g/mol. The van der Waals surface area contributed by atoms with Crippen LogP contribution in [0.15, 0.2) is 18.2 Å². The first-order chi connectivity index (χ1) is 6.99. The first-order valence-corrected chi connectivity index (χ1v) is 4.59. The Morgan fingerprint density at radius 3 is 2.73 bits per heavy atom. The van der Waals surface area contributed by atoms with E-state index in [-0.39, 0.29) is 12.0 Å². The van der Waals surface area contributed by atoms with Crippen LogP contribution in [0.3, 0.4) is 0 Å². The van der Waals surface area contributed by atoms with Gasteiger partial charge in [-0.25, -0.2) is 8.78 Å². The first kappa shape index (κ1) is 11.7. The van der Waals surface area contributed by atoms with E-state index in [4.69, 9.17) is 6.42 Å². The molecule has 1 nitrogen and oxygen atoms in total. The molecular formula is C12H12F2O. The van der Waals surface area contributed by atoms with Crippen molar-refractivity contribution in [3.63, 3.8) is 0 Å². The van der Waals surface area contributed by atoms with E-state index >= 15 is 0 Å². The summed E-state index contributed by atoms with van der Waals surface area (Å²) in [5.74, 6) is 0.373. The summed E-state index contributed by atoms with van der Waals surface area (Å²) >= 11 is 0. The van der Waals surface area contributed by atoms with Gasteiger partial charge in [0.2, 0.25) is 0 Å². The van der Waals surface area contributed by atoms with E-state index in [2.05, 4.69) is 5.92 Å². The van der Waals surface area contributed by atoms with Crippen molar-refractivity contribution in [2.24, 2.45) is 0 Å². The molecule has 15 heavy (non-hydrogen) atoms. The molecule has 80 valence electrons. The summed E-state index contributed by atoms with van der Waals surface area (Å²) in [5, 5.41) is 9.92. The Morgan fingerprint density at radius 1 is 1.47 bits per heavy atom. The SMILES string of the molecule is C#CCCC(C)(O)c1cccc(F)c1F. The van der Waals surface area contributed by atoms with Crippen molar-refractivity contribution in [1.29, 1.82) is 0 Å². The number of benzene rings is 1. The van der Waals surface area contributed by atoms with E-state index in [0.29, 0.717) is 6.42 Å². The lowest BCUT2D eigenvalue weighted by atomic mass is 9.91. The zero-order valence-corrected chi connectivity index (χ0v) is 8.43. The molecule has 0 aliphatic heterocycles. The minimum Gasteiger partial charge on any atom is -0.385 e. The van der Waals surface area contributed by atoms with Crippen molar-refractivity contribution < 1.29 is 13.9 Å². The second-order valence-corrected chi connectivity index (χ2v) is 3.58. The summed E-state index contributed by atoms with van der Waals surface area (Å²) in [6.45, 7) is 1.42. The van der Waals surface area contributed by atoms with Crippen molar-refractivity contribution >= 4 is 0 Å². The highest BCUT2D eigenvalue weighted by Gasteiger charge is 2.27. The van der Waals surface area contributed by atoms with Gasteiger partial charge in [0, 0.05) is 12.0 Å². The van der Waals surface area contributed by atoms with Crippen LogP contribution >= 0.6 is 0 Å². The Labute approximate surface area is 87.7 Å². The number of terminal acetylenes is 1. The Kier molecular flexibility index (Phi) is 3.43. The normalized spacial score (nSPS) is 14.3. The zero-order chi connectivity index (χ0) is 11.5. The van der Waals surface area contributed by atoms with Crippen LogP contribution in [0, 0.1) is 24.0 Å². The summed E-state index contributed by atoms with van der Waals surface area (Å²) in [4.78, 5) is 0. The molecule has 0 fully saturated rings. The van der Waals surface area contributed by atoms with Crippen LogP contribution in [0.2, 0.25) is 0 Å². The van der Waals surface area contributed by atoms with Crippen LogP contribution < -0.4 is 0 Å². The molecular weight excluding hydrogens is 198 g/mol. The van der Waals surface area contributed by atoms with Gasteiger partial charge in [0.25, 0.3) is 0 Å². The molecule has 1 aromatic carbocycles. The molecule has 0 aliphatic rings. The minimum absolute atomic E-state index is 0.0576. The third-order valence-corrected chi connectivity index (χ3v) is 2.29. The van der Waals surface area contributed by atoms with Gasteiger partial charge < -0.3 is 5.11 Å². The zero-order valence-electron chi connectivity index (χ0n) is 8.43. The van der Waals surface area contributed by atoms with Crippen LogP contribution in [-0.4, -0.2) is 5.11 Å². The molecule has 1 aromatic rings. The molecule has 0 spiro atoms. The van der Waals surface area contributed by atoms with Crippen LogP contribution in [0.1, 0.15) is 25.3 Å². The van der Waals surface area contributed by atoms with Crippen LogP contribution in [0.25, 0.3) is 0 Å². The fraction of sp³-hybridized carbons (Fsp3) is 0.333. The van der Waals surface area contributed by atoms with Crippen LogP contribution in [0.5, 0.6) is 0 Å². The third-order valence-electron chi connectivity index (χ3n) is 2.29. The maximum atomic E-state index is 13.3. The lowest BCUT2D eigenvalue weighted by molar-refractivity contribution is 0.0449. The minimum atomic E-state index is -1.43. The molecule has 1 rings (SSSR count). The van der Waals surface area contributed by atoms with Gasteiger partial charge in [0.05, 0.1) is 5.60 Å². The van der Waals surface area contributed by atoms with E-state index in [9.17, 15) is 13.9 Å². The summed E-state index contributed by atoms with van der Waals surface area (Å²) in [7, 11) is 0. The third kappa shape index (κ3) is 2.54. The van der Waals surface area contributed by atoms with E-state index < -0.39 is 17.2 Å². The van der Waals surface area contributed by atoms with Crippen LogP contribution in [0.4, 0.5) is 8.78 Å². The van der Waals surface area contributed by atoms with Crippen molar-refractivity contribution in [1.82, 2.24) is 0 Å². The molecule has 1 atom stereocenters. The quantitative estimate of drug-likeness (QED) is 0.760. The van der Waals surface area contributed by atoms with E-state index in [1.54, 1.807) is 0 Å². The molecule has 1 N–H and O–H groups in total. The van der Waals surface area contributed by atoms with Gasteiger partial charge in [-0.3, -0.25) is 0 Å². The molecule has 3 heteroatoms. The van der Waals surface area contributed by atoms with Gasteiger partial charge in [-0.1, -0.05) is 12.1 Å². The van der Waals surface area contributed by atoms with Crippen molar-refractivity contribution in [3.8, 4) is 12.3 Å². The van der Waals surface area contributed by atoms with Gasteiger partial charge in [0.15, 0.2) is 11.6 Å². The molecule has 1 unspecified atom stereocenters. The molecule has 0 bridgehead atoms. The number of hydrogen-bond donors (Lipinski definition) is 1. The molecule has 0 aliphatic carbocycles. The smallest absolute Gasteiger partial charge is 0.164 e. The number of halogens is 2. The summed E-state index contributed by atoms with van der Waals surface area (Å²) in [6, 6.07) is 3.73. The summed E-state index contributed by atoms with van der Waals surface area (Å²) < 4.78 is 26.2. The fourth-order valence-corrected chi connectivity index (χ4v) is 1.37. The number of aliphatic hydroxyl groups is 1. The van der Waals surface area contributed by atoms with Gasteiger partial charge >= 0.3 is 0 Å². The summed E-state index contributed by atoms with van der Waals surface area (Å²) in [5.41, 5.74) is -1.49. The predicted octanol–water partition coefficient (Wildman–Crippen LogP) is 2.59. The van der Waals surface area contributed by atoms with E-state index in [1.807, 2.05) is 0 Å². The highest BCUT2D eigenvalue weighted by molar-refractivity contribution is 5.24. The highest BCUT2D eigenvalue weighted by Crippen LogP contribution is 2.28. The lowest BCUT2D eigenvalue weighted by Gasteiger charge is -2.23. The van der Waals surface area contributed by atoms with Crippen molar-refractivity contribution in [2.45, 2.75) is 25.4 Å². The van der Waals surface area contributed by atoms with E-state index in [1.165, 1.54) is 19.1 Å². The van der Waals surface area contributed by atoms with Gasteiger partial charge in [-0.05, 0) is 19.4 Å². The largest absolute Gasteiger partial charge is 0.385 e. The molecule has 0 radical (unpaired) electrons. The maximum absolute atomic E-state index is 13.3. The Balaban J connectivity index is 3.05. The number of rotatable bonds is 3. The van der Waals surface area contributed by atoms with Crippen LogP contribution in [-0.2, 0) is 5.60 Å². The molecule has 0 aromatic heterocycles. The Hall–Kier alpha value is -1.40. The fourth-order valence-electron chi connectivity index (χ4n) is 1.37. The first-order valence-electron chi connectivity index (χ1n) is 4.59. The van der Waals surface area contributed by atoms with Gasteiger partial charge in [-0.15, -0.1) is 12.3 Å². The second-order valence-electron chi connectivity index (χ2n) is 3.58. The van der Waals surface area contributed by atoms with Crippen molar-refractivity contribution in [3.05, 3.63) is 35.4 Å². The topological polar surface area (TPSA) is 20.2 Å². The Morgan fingerprint density at radius 2 is 2.13 bits per heavy atom.